The zero-order chi connectivity index (χ0) is 32.4. The van der Waals surface area contributed by atoms with Crippen LogP contribution in [-0.4, -0.2) is 96.8 Å². The number of aliphatic hydroxyl groups is 1. The third-order valence-electron chi connectivity index (χ3n) is 9.25. The second-order valence-corrected chi connectivity index (χ2v) is 12.5. The molecular formula is C33H56N4O6. The average molecular weight is 605 g/mol. The van der Waals surface area contributed by atoms with Crippen molar-refractivity contribution >= 4 is 17.7 Å². The number of nitrogens with zero attached hydrogens (tertiary/aromatic N) is 2. The Labute approximate surface area is 258 Å². The molecule has 1 saturated heterocycles. The Balaban J connectivity index is 2.17. The highest BCUT2D eigenvalue weighted by molar-refractivity contribution is 5.83. The van der Waals surface area contributed by atoms with Crippen LogP contribution in [0.4, 0.5) is 0 Å². The molecule has 1 aromatic rings. The monoisotopic (exact) mass is 604 g/mol. The number of nitrogens with two attached hydrogens (primary N) is 1. The Morgan fingerprint density at radius 1 is 1.09 bits per heavy atom. The molecule has 1 fully saturated rings. The lowest BCUT2D eigenvalue weighted by atomic mass is 9.89. The molecule has 0 bridgehead atoms. The van der Waals surface area contributed by atoms with Crippen molar-refractivity contribution in [2.45, 2.75) is 110 Å². The van der Waals surface area contributed by atoms with E-state index in [2.05, 4.69) is 19.2 Å². The summed E-state index contributed by atoms with van der Waals surface area (Å²) in [6.07, 6.45) is 0.474. The van der Waals surface area contributed by atoms with Gasteiger partial charge in [-0.05, 0) is 37.2 Å². The topological polar surface area (TPSA) is 134 Å². The Hall–Kier alpha value is -2.53. The molecule has 1 heterocycles. The molecule has 0 aromatic heterocycles. The second kappa shape index (κ2) is 17.1. The lowest BCUT2D eigenvalue weighted by Crippen LogP contribution is -2.56. The molecule has 1 aromatic carbocycles. The number of aliphatic hydroxyl groups excluding tert-OH is 1. The van der Waals surface area contributed by atoms with Gasteiger partial charge in [0.2, 0.25) is 17.7 Å². The van der Waals surface area contributed by atoms with Crippen molar-refractivity contribution in [1.82, 2.24) is 15.1 Å². The van der Waals surface area contributed by atoms with E-state index in [1.54, 1.807) is 40.0 Å². The fraction of sp³-hybridized carbons (Fsp3) is 0.727. The molecule has 4 N–H and O–H groups in total. The van der Waals surface area contributed by atoms with Crippen LogP contribution in [0.3, 0.4) is 0 Å². The summed E-state index contributed by atoms with van der Waals surface area (Å²) in [7, 11) is 4.88. The number of ether oxygens (including phenoxy) is 2. The molecule has 10 nitrogen and oxygen atoms in total. The van der Waals surface area contributed by atoms with Crippen LogP contribution in [0.5, 0.6) is 0 Å². The van der Waals surface area contributed by atoms with Crippen molar-refractivity contribution < 1.29 is 29.0 Å². The molecule has 10 heteroatoms. The number of carbonyl (C=O) groups excluding carboxylic acids is 3. The number of rotatable bonds is 16. The number of likely N-dealkylation sites (N-methyl/N-ethyl adjacent to an activating group) is 1. The molecule has 3 amide bonds. The van der Waals surface area contributed by atoms with Crippen molar-refractivity contribution in [2.24, 2.45) is 23.5 Å². The minimum absolute atomic E-state index is 0.0183. The number of benzene rings is 1. The quantitative estimate of drug-likeness (QED) is 0.264. The van der Waals surface area contributed by atoms with E-state index >= 15 is 0 Å². The minimum atomic E-state index is -0.854. The molecule has 43 heavy (non-hydrogen) atoms. The molecule has 0 radical (unpaired) electrons. The Bertz CT molecular complexity index is 1020. The van der Waals surface area contributed by atoms with Crippen molar-refractivity contribution in [1.29, 1.82) is 0 Å². The highest BCUT2D eigenvalue weighted by Gasteiger charge is 2.42. The summed E-state index contributed by atoms with van der Waals surface area (Å²) in [5, 5.41) is 13.7. The van der Waals surface area contributed by atoms with Crippen LogP contribution < -0.4 is 11.1 Å². The van der Waals surface area contributed by atoms with E-state index in [-0.39, 0.29) is 48.1 Å². The first-order valence-corrected chi connectivity index (χ1v) is 15.7. The van der Waals surface area contributed by atoms with Gasteiger partial charge in [-0.3, -0.25) is 14.4 Å². The van der Waals surface area contributed by atoms with Gasteiger partial charge >= 0.3 is 0 Å². The largest absolute Gasteiger partial charge is 0.386 e. The van der Waals surface area contributed by atoms with Crippen LogP contribution >= 0.6 is 0 Å². The van der Waals surface area contributed by atoms with Crippen LogP contribution in [0.2, 0.25) is 0 Å². The zero-order valence-corrected chi connectivity index (χ0v) is 27.7. The van der Waals surface area contributed by atoms with Gasteiger partial charge in [0.25, 0.3) is 0 Å². The van der Waals surface area contributed by atoms with E-state index in [0.717, 1.165) is 18.4 Å². The lowest BCUT2D eigenvalue weighted by Gasteiger charge is -2.40. The summed E-state index contributed by atoms with van der Waals surface area (Å²) in [6, 6.07) is 7.43. The fourth-order valence-electron chi connectivity index (χ4n) is 6.20. The highest BCUT2D eigenvalue weighted by Crippen LogP contribution is 2.30. The maximum Gasteiger partial charge on any atom is 0.239 e. The molecule has 0 saturated carbocycles. The summed E-state index contributed by atoms with van der Waals surface area (Å²) in [5.41, 5.74) is 6.93. The number of carbonyl (C=O) groups is 3. The van der Waals surface area contributed by atoms with E-state index in [0.29, 0.717) is 13.0 Å². The second-order valence-electron chi connectivity index (χ2n) is 12.5. The highest BCUT2D eigenvalue weighted by atomic mass is 16.5. The van der Waals surface area contributed by atoms with Crippen LogP contribution in [0.25, 0.3) is 0 Å². The lowest BCUT2D eigenvalue weighted by molar-refractivity contribution is -0.146. The molecule has 0 aliphatic carbocycles. The number of amides is 3. The van der Waals surface area contributed by atoms with Crippen LogP contribution in [0.15, 0.2) is 30.3 Å². The first kappa shape index (κ1) is 36.7. The number of hydrogen-bond donors (Lipinski definition) is 3. The summed E-state index contributed by atoms with van der Waals surface area (Å²) >= 11 is 0. The van der Waals surface area contributed by atoms with Gasteiger partial charge < -0.3 is 35.4 Å². The van der Waals surface area contributed by atoms with Crippen molar-refractivity contribution in [3.8, 4) is 0 Å². The van der Waals surface area contributed by atoms with Crippen LogP contribution in [-0.2, 0) is 23.9 Å². The van der Waals surface area contributed by atoms with Gasteiger partial charge in [0.1, 0.15) is 0 Å². The van der Waals surface area contributed by atoms with Gasteiger partial charge in [0.05, 0.1) is 54.8 Å². The number of hydrogen-bond acceptors (Lipinski definition) is 7. The summed E-state index contributed by atoms with van der Waals surface area (Å²) < 4.78 is 11.7. The predicted molar refractivity (Wildman–Crippen MR) is 168 cm³/mol. The van der Waals surface area contributed by atoms with Gasteiger partial charge in [-0.15, -0.1) is 0 Å². The Kier molecular flexibility index (Phi) is 14.6. The molecule has 1 unspecified atom stereocenters. The standard InChI is InChI=1S/C33H56N4O6/c1-10-21(4)29(36(7)33(41)28(34)20(2)3)26(42-8)19-27(38)37-18-14-17-25(37)31(43-9)22(5)32(40)35-23(6)30(39)24-15-12-11-13-16-24/h11-13,15-16,20-23,25-26,28-31,39H,10,14,17-19,34H2,1-9H3,(H,35,40)/t21?,22-,23-,25+,26-,28+,29+,30-,31-/m1/s1. The SMILES string of the molecule is CCC(C)[C@@H]([C@@H](CC(=O)N1CCC[C@H]1[C@H](OC)[C@@H](C)C(=O)N[C@H](C)[C@@H](O)c1ccccc1)OC)N(C)C(=O)[C@@H](N)C(C)C. The van der Waals surface area contributed by atoms with Gasteiger partial charge in [-0.25, -0.2) is 0 Å². The summed E-state index contributed by atoms with van der Waals surface area (Å²) in [4.78, 5) is 43.8. The van der Waals surface area contributed by atoms with Crippen LogP contribution in [0, 0.1) is 17.8 Å². The van der Waals surface area contributed by atoms with E-state index in [4.69, 9.17) is 15.2 Å². The maximum atomic E-state index is 13.8. The van der Waals surface area contributed by atoms with Crippen molar-refractivity contribution in [3.63, 3.8) is 0 Å². The first-order valence-electron chi connectivity index (χ1n) is 15.7. The number of likely N-dealkylation sites (tertiary alicyclic amines) is 1. The minimum Gasteiger partial charge on any atom is -0.386 e. The Morgan fingerprint density at radius 3 is 2.26 bits per heavy atom. The molecular weight excluding hydrogens is 548 g/mol. The molecule has 2 rings (SSSR count). The third kappa shape index (κ3) is 9.23. The molecule has 244 valence electrons. The van der Waals surface area contributed by atoms with Gasteiger partial charge in [-0.2, -0.15) is 0 Å². The van der Waals surface area contributed by atoms with Crippen molar-refractivity contribution in [2.75, 3.05) is 27.8 Å². The van der Waals surface area contributed by atoms with Gasteiger partial charge in [-0.1, -0.05) is 71.4 Å². The van der Waals surface area contributed by atoms with E-state index in [1.165, 1.54) is 0 Å². The fourth-order valence-corrected chi connectivity index (χ4v) is 6.20. The third-order valence-corrected chi connectivity index (χ3v) is 9.25. The van der Waals surface area contributed by atoms with Gasteiger partial charge in [0.15, 0.2) is 0 Å². The average Bonchev–Trinajstić information content (AvgIpc) is 3.49. The summed E-state index contributed by atoms with van der Waals surface area (Å²) in [6.45, 7) is 12.1. The number of nitrogens with one attached hydrogen (secondary N) is 1. The summed E-state index contributed by atoms with van der Waals surface area (Å²) in [5.74, 6) is -1.03. The van der Waals surface area contributed by atoms with E-state index in [9.17, 15) is 19.5 Å². The smallest absolute Gasteiger partial charge is 0.239 e. The zero-order valence-electron chi connectivity index (χ0n) is 27.7. The first-order chi connectivity index (χ1) is 20.3. The number of methoxy groups -OCH3 is 2. The molecule has 1 aliphatic heterocycles. The Morgan fingerprint density at radius 2 is 1.72 bits per heavy atom. The van der Waals surface area contributed by atoms with Gasteiger partial charge in [0, 0.05) is 27.8 Å². The van der Waals surface area contributed by atoms with Crippen molar-refractivity contribution in [3.05, 3.63) is 35.9 Å². The van der Waals surface area contributed by atoms with E-state index in [1.807, 2.05) is 49.1 Å². The maximum absolute atomic E-state index is 13.8. The molecule has 1 aliphatic rings. The molecule has 9 atom stereocenters. The van der Waals surface area contributed by atoms with Crippen LogP contribution in [0.1, 0.15) is 78.9 Å². The normalized spacial score (nSPS) is 20.9. The predicted octanol–water partition coefficient (Wildman–Crippen LogP) is 3.13. The molecule has 0 spiro atoms. The van der Waals surface area contributed by atoms with E-state index < -0.39 is 36.3 Å².